The molecular formula is C23H23F3N4O3. The number of hydrogen-bond acceptors (Lipinski definition) is 6. The predicted molar refractivity (Wildman–Crippen MR) is 119 cm³/mol. The molecule has 0 aliphatic rings. The van der Waals surface area contributed by atoms with Crippen molar-refractivity contribution in [2.45, 2.75) is 33.1 Å². The molecule has 33 heavy (non-hydrogen) atoms. The largest absolute Gasteiger partial charge is 0.573 e. The van der Waals surface area contributed by atoms with E-state index in [4.69, 9.17) is 5.11 Å². The van der Waals surface area contributed by atoms with Crippen molar-refractivity contribution in [3.05, 3.63) is 59.7 Å². The molecule has 10 heteroatoms. The van der Waals surface area contributed by atoms with E-state index in [9.17, 15) is 18.0 Å². The van der Waals surface area contributed by atoms with Crippen LogP contribution < -0.4 is 15.4 Å². The molecule has 0 fully saturated rings. The van der Waals surface area contributed by atoms with Gasteiger partial charge in [-0.3, -0.25) is 4.79 Å². The van der Waals surface area contributed by atoms with Crippen molar-refractivity contribution in [1.82, 2.24) is 9.97 Å². The van der Waals surface area contributed by atoms with Crippen LogP contribution >= 0.6 is 0 Å². The number of carboxylic acid groups (broad SMARTS) is 1. The third kappa shape index (κ3) is 6.83. The maximum Gasteiger partial charge on any atom is 0.573 e. The second-order valence-corrected chi connectivity index (χ2v) is 7.64. The van der Waals surface area contributed by atoms with Crippen LogP contribution in [-0.2, 0) is 4.79 Å². The Kier molecular flexibility index (Phi) is 7.05. The van der Waals surface area contributed by atoms with Crippen LogP contribution in [0.1, 0.15) is 30.9 Å². The van der Waals surface area contributed by atoms with E-state index in [1.165, 1.54) is 23.8 Å². The van der Waals surface area contributed by atoms with Gasteiger partial charge in [-0.15, -0.1) is 13.2 Å². The van der Waals surface area contributed by atoms with Crippen molar-refractivity contribution in [3.63, 3.8) is 0 Å². The molecule has 0 bridgehead atoms. The van der Waals surface area contributed by atoms with Crippen LogP contribution in [0.2, 0.25) is 0 Å². The lowest BCUT2D eigenvalue weighted by molar-refractivity contribution is -0.274. The molecule has 3 N–H and O–H groups in total. The normalized spacial score (nSPS) is 11.4. The van der Waals surface area contributed by atoms with E-state index < -0.39 is 24.6 Å². The number of alkyl halides is 3. The van der Waals surface area contributed by atoms with Gasteiger partial charge in [0.1, 0.15) is 18.1 Å². The summed E-state index contributed by atoms with van der Waals surface area (Å²) < 4.78 is 41.8. The highest BCUT2D eigenvalue weighted by Gasteiger charge is 2.31. The zero-order valence-electron chi connectivity index (χ0n) is 18.2. The fraction of sp³-hybridized carbons (Fsp3) is 0.261. The van der Waals surface area contributed by atoms with Crippen LogP contribution in [0.3, 0.4) is 0 Å². The lowest BCUT2D eigenvalue weighted by Gasteiger charge is -2.14. The zero-order chi connectivity index (χ0) is 24.2. The lowest BCUT2D eigenvalue weighted by Crippen LogP contribution is -2.17. The third-order valence-electron chi connectivity index (χ3n) is 4.65. The molecule has 0 saturated carbocycles. The van der Waals surface area contributed by atoms with E-state index in [0.717, 1.165) is 11.3 Å². The Balaban J connectivity index is 1.97. The number of aromatic nitrogens is 2. The van der Waals surface area contributed by atoms with Crippen LogP contribution in [0.4, 0.5) is 30.6 Å². The molecular weight excluding hydrogens is 437 g/mol. The summed E-state index contributed by atoms with van der Waals surface area (Å²) in [4.78, 5) is 19.5. The second-order valence-electron chi connectivity index (χ2n) is 7.64. The monoisotopic (exact) mass is 460 g/mol. The molecule has 174 valence electrons. The number of carbonyl (C=O) groups is 1. The number of nitrogens with one attached hydrogen (secondary N) is 2. The lowest BCUT2D eigenvalue weighted by atomic mass is 9.98. The summed E-state index contributed by atoms with van der Waals surface area (Å²) in [5.74, 6) is -0.795. The van der Waals surface area contributed by atoms with E-state index in [-0.39, 0.29) is 11.6 Å². The number of nitrogens with zero attached hydrogens (tertiary/aromatic N) is 2. The first-order valence-corrected chi connectivity index (χ1v) is 10.1. The molecule has 0 atom stereocenters. The fourth-order valence-electron chi connectivity index (χ4n) is 3.29. The molecule has 3 aromatic rings. The Morgan fingerprint density at radius 2 is 1.88 bits per heavy atom. The van der Waals surface area contributed by atoms with Gasteiger partial charge < -0.3 is 20.5 Å². The van der Waals surface area contributed by atoms with E-state index in [1.807, 2.05) is 25.1 Å². The number of hydrogen-bond donors (Lipinski definition) is 3. The van der Waals surface area contributed by atoms with Crippen molar-refractivity contribution in [3.8, 4) is 17.0 Å². The first kappa shape index (κ1) is 23.8. The number of benzene rings is 2. The van der Waals surface area contributed by atoms with Gasteiger partial charge in [-0.1, -0.05) is 32.0 Å². The Bertz CT molecular complexity index is 1150. The summed E-state index contributed by atoms with van der Waals surface area (Å²) >= 11 is 0. The van der Waals surface area contributed by atoms with Crippen LogP contribution in [0, 0.1) is 6.92 Å². The summed E-state index contributed by atoms with van der Waals surface area (Å²) in [7, 11) is 0. The number of ether oxygens (including phenoxy) is 1. The number of anilines is 3. The van der Waals surface area contributed by atoms with E-state index in [1.54, 1.807) is 12.1 Å². The summed E-state index contributed by atoms with van der Waals surface area (Å²) in [6, 6.07) is 12.8. The molecule has 0 radical (unpaired) electrons. The number of aryl methyl sites for hydroxylation is 1. The first-order chi connectivity index (χ1) is 15.5. The minimum absolute atomic E-state index is 0.00932. The summed E-state index contributed by atoms with van der Waals surface area (Å²) in [6.07, 6.45) is -4.83. The molecule has 2 aromatic carbocycles. The van der Waals surface area contributed by atoms with Gasteiger partial charge in [0.25, 0.3) is 0 Å². The van der Waals surface area contributed by atoms with Crippen molar-refractivity contribution in [2.24, 2.45) is 0 Å². The smallest absolute Gasteiger partial charge is 0.480 e. The Hall–Kier alpha value is -3.82. The first-order valence-electron chi connectivity index (χ1n) is 10.1. The molecule has 1 heterocycles. The van der Waals surface area contributed by atoms with E-state index in [2.05, 4.69) is 39.2 Å². The van der Waals surface area contributed by atoms with Gasteiger partial charge in [0.2, 0.25) is 5.95 Å². The van der Waals surface area contributed by atoms with E-state index in [0.29, 0.717) is 17.3 Å². The predicted octanol–water partition coefficient (Wildman–Crippen LogP) is 5.71. The van der Waals surface area contributed by atoms with Gasteiger partial charge in [0, 0.05) is 17.3 Å². The number of carboxylic acids is 1. The molecule has 7 nitrogen and oxygen atoms in total. The summed E-state index contributed by atoms with van der Waals surface area (Å²) in [5.41, 5.74) is 3.66. The van der Waals surface area contributed by atoms with Crippen molar-refractivity contribution < 1.29 is 27.8 Å². The van der Waals surface area contributed by atoms with Gasteiger partial charge in [-0.05, 0) is 48.2 Å². The minimum Gasteiger partial charge on any atom is -0.480 e. The molecule has 0 aliphatic heterocycles. The topological polar surface area (TPSA) is 96.4 Å². The Morgan fingerprint density at radius 1 is 1.12 bits per heavy atom. The van der Waals surface area contributed by atoms with Crippen LogP contribution in [0.5, 0.6) is 5.75 Å². The second kappa shape index (κ2) is 9.76. The maximum atomic E-state index is 12.6. The highest BCUT2D eigenvalue weighted by molar-refractivity contribution is 5.73. The van der Waals surface area contributed by atoms with Crippen molar-refractivity contribution >= 4 is 23.4 Å². The van der Waals surface area contributed by atoms with Gasteiger partial charge >= 0.3 is 12.3 Å². The number of rotatable bonds is 8. The Morgan fingerprint density at radius 3 is 2.52 bits per heavy atom. The quantitative estimate of drug-likeness (QED) is 0.396. The maximum absolute atomic E-state index is 12.6. The number of halogens is 3. The van der Waals surface area contributed by atoms with Gasteiger partial charge in [-0.2, -0.15) is 4.98 Å². The van der Waals surface area contributed by atoms with Gasteiger partial charge in [-0.25, -0.2) is 4.98 Å². The zero-order valence-corrected chi connectivity index (χ0v) is 18.2. The van der Waals surface area contributed by atoms with Gasteiger partial charge in [0.15, 0.2) is 0 Å². The number of aliphatic carboxylic acids is 1. The Labute approximate surface area is 188 Å². The highest BCUT2D eigenvalue weighted by Crippen LogP contribution is 2.30. The third-order valence-corrected chi connectivity index (χ3v) is 4.65. The summed E-state index contributed by atoms with van der Waals surface area (Å²) in [6.45, 7) is 5.77. The molecule has 3 rings (SSSR count). The summed E-state index contributed by atoms with van der Waals surface area (Å²) in [5, 5.41) is 14.7. The average molecular weight is 460 g/mol. The molecule has 0 unspecified atom stereocenters. The average Bonchev–Trinajstić information content (AvgIpc) is 2.71. The van der Waals surface area contributed by atoms with Gasteiger partial charge in [0.05, 0.1) is 5.69 Å². The van der Waals surface area contributed by atoms with Crippen molar-refractivity contribution in [2.75, 3.05) is 17.2 Å². The standard InChI is InChI=1S/C23H23F3N4O3/c1-13(2)18-8-7-16(9-14(18)3)28-20-11-19(29-22(30-20)27-12-21(31)32)15-5-4-6-17(10-15)33-23(24,25)26/h4-11,13H,12H2,1-3H3,(H,31,32)(H2,27,28,29,30). The molecule has 0 aliphatic carbocycles. The van der Waals surface area contributed by atoms with Crippen molar-refractivity contribution in [1.29, 1.82) is 0 Å². The van der Waals surface area contributed by atoms with Crippen LogP contribution in [0.25, 0.3) is 11.3 Å². The van der Waals surface area contributed by atoms with Crippen LogP contribution in [0.15, 0.2) is 48.5 Å². The molecule has 0 spiro atoms. The molecule has 1 aromatic heterocycles. The SMILES string of the molecule is Cc1cc(Nc2cc(-c3cccc(OC(F)(F)F)c3)nc(NCC(=O)O)n2)ccc1C(C)C. The molecule has 0 amide bonds. The van der Waals surface area contributed by atoms with E-state index >= 15 is 0 Å². The molecule has 0 saturated heterocycles. The van der Waals surface area contributed by atoms with Crippen LogP contribution in [-0.4, -0.2) is 34.0 Å². The highest BCUT2D eigenvalue weighted by atomic mass is 19.4. The minimum atomic E-state index is -4.83. The fourth-order valence-corrected chi connectivity index (χ4v) is 3.29.